The molecule has 1 heterocycles. The topological polar surface area (TPSA) is 38.3 Å². The number of hydrogen-bond donors (Lipinski definition) is 1. The molecule has 1 N–H and O–H groups in total. The second-order valence-electron chi connectivity index (χ2n) is 3.51. The van der Waals surface area contributed by atoms with Crippen molar-refractivity contribution in [2.75, 3.05) is 13.7 Å². The molecule has 1 unspecified atom stereocenters. The van der Waals surface area contributed by atoms with E-state index < -0.39 is 0 Å². The van der Waals surface area contributed by atoms with Gasteiger partial charge in [-0.3, -0.25) is 4.79 Å². The SMILES string of the molecule is COC(=O)C(C)(C)C1CCN1. The number of hydrogen-bond acceptors (Lipinski definition) is 3. The van der Waals surface area contributed by atoms with Gasteiger partial charge in [0.2, 0.25) is 0 Å². The Hall–Kier alpha value is -0.570. The van der Waals surface area contributed by atoms with E-state index >= 15 is 0 Å². The molecule has 1 atom stereocenters. The zero-order valence-electron chi connectivity index (χ0n) is 7.31. The molecule has 64 valence electrons. The third-order valence-electron chi connectivity index (χ3n) is 2.41. The molecule has 0 amide bonds. The first-order chi connectivity index (χ1) is 5.09. The summed E-state index contributed by atoms with van der Waals surface area (Å²) in [7, 11) is 1.43. The number of nitrogens with one attached hydrogen (secondary N) is 1. The van der Waals surface area contributed by atoms with Crippen molar-refractivity contribution in [3.63, 3.8) is 0 Å². The van der Waals surface area contributed by atoms with Gasteiger partial charge in [-0.1, -0.05) is 0 Å². The van der Waals surface area contributed by atoms with Gasteiger partial charge in [0.1, 0.15) is 0 Å². The molecular weight excluding hydrogens is 142 g/mol. The Kier molecular flexibility index (Phi) is 2.18. The molecule has 0 spiro atoms. The Morgan fingerprint density at radius 1 is 1.64 bits per heavy atom. The minimum atomic E-state index is -0.368. The first kappa shape index (κ1) is 8.53. The van der Waals surface area contributed by atoms with Crippen molar-refractivity contribution < 1.29 is 9.53 Å². The van der Waals surface area contributed by atoms with E-state index in [4.69, 9.17) is 4.74 Å². The van der Waals surface area contributed by atoms with Gasteiger partial charge < -0.3 is 10.1 Å². The summed E-state index contributed by atoms with van der Waals surface area (Å²) in [6.07, 6.45) is 1.07. The molecule has 1 fully saturated rings. The summed E-state index contributed by atoms with van der Waals surface area (Å²) in [5.41, 5.74) is -0.368. The van der Waals surface area contributed by atoms with Gasteiger partial charge in [-0.2, -0.15) is 0 Å². The van der Waals surface area contributed by atoms with E-state index in [0.717, 1.165) is 13.0 Å². The molecule has 0 aromatic rings. The van der Waals surface area contributed by atoms with Crippen LogP contribution in [0.4, 0.5) is 0 Å². The normalized spacial score (nSPS) is 24.1. The van der Waals surface area contributed by atoms with Crippen molar-refractivity contribution in [2.45, 2.75) is 26.3 Å². The van der Waals surface area contributed by atoms with Crippen molar-refractivity contribution in [2.24, 2.45) is 5.41 Å². The Morgan fingerprint density at radius 3 is 2.45 bits per heavy atom. The molecule has 11 heavy (non-hydrogen) atoms. The van der Waals surface area contributed by atoms with Crippen molar-refractivity contribution in [1.29, 1.82) is 0 Å². The van der Waals surface area contributed by atoms with Crippen LogP contribution in [0.15, 0.2) is 0 Å². The van der Waals surface area contributed by atoms with E-state index in [0.29, 0.717) is 6.04 Å². The fraction of sp³-hybridized carbons (Fsp3) is 0.875. The molecule has 1 rings (SSSR count). The minimum Gasteiger partial charge on any atom is -0.469 e. The molecule has 0 radical (unpaired) electrons. The molecule has 0 saturated carbocycles. The predicted octanol–water partition coefficient (Wildman–Crippen LogP) is 0.547. The number of carbonyl (C=O) groups excluding carboxylic acids is 1. The Labute approximate surface area is 67.1 Å². The van der Waals surface area contributed by atoms with Crippen LogP contribution in [0.1, 0.15) is 20.3 Å². The maximum Gasteiger partial charge on any atom is 0.312 e. The van der Waals surface area contributed by atoms with Crippen molar-refractivity contribution in [3.05, 3.63) is 0 Å². The molecule has 3 heteroatoms. The molecule has 0 bridgehead atoms. The molecule has 3 nitrogen and oxygen atoms in total. The summed E-state index contributed by atoms with van der Waals surface area (Å²) in [5.74, 6) is -0.130. The fourth-order valence-corrected chi connectivity index (χ4v) is 1.31. The third-order valence-corrected chi connectivity index (χ3v) is 2.41. The first-order valence-corrected chi connectivity index (χ1v) is 3.91. The van der Waals surface area contributed by atoms with Crippen LogP contribution in [-0.4, -0.2) is 25.7 Å². The van der Waals surface area contributed by atoms with Crippen LogP contribution in [0.3, 0.4) is 0 Å². The predicted molar refractivity (Wildman–Crippen MR) is 42.2 cm³/mol. The highest BCUT2D eigenvalue weighted by molar-refractivity contribution is 5.76. The van der Waals surface area contributed by atoms with Gasteiger partial charge in [-0.15, -0.1) is 0 Å². The van der Waals surface area contributed by atoms with Gasteiger partial charge >= 0.3 is 5.97 Å². The summed E-state index contributed by atoms with van der Waals surface area (Å²) in [6, 6.07) is 0.301. The quantitative estimate of drug-likeness (QED) is 0.595. The highest BCUT2D eigenvalue weighted by Gasteiger charge is 2.40. The molecule has 1 saturated heterocycles. The van der Waals surface area contributed by atoms with Crippen LogP contribution < -0.4 is 5.32 Å². The molecule has 0 aliphatic carbocycles. The van der Waals surface area contributed by atoms with Crippen molar-refractivity contribution >= 4 is 5.97 Å². The number of rotatable bonds is 2. The number of methoxy groups -OCH3 is 1. The lowest BCUT2D eigenvalue weighted by atomic mass is 9.79. The highest BCUT2D eigenvalue weighted by atomic mass is 16.5. The molecule has 1 aliphatic heterocycles. The maximum absolute atomic E-state index is 11.2. The van der Waals surface area contributed by atoms with Gasteiger partial charge in [0.25, 0.3) is 0 Å². The average Bonchev–Trinajstić information content (AvgIpc) is 1.81. The monoisotopic (exact) mass is 157 g/mol. The molecule has 0 aromatic carbocycles. The van der Waals surface area contributed by atoms with E-state index in [-0.39, 0.29) is 11.4 Å². The van der Waals surface area contributed by atoms with Gasteiger partial charge in [-0.05, 0) is 26.8 Å². The average molecular weight is 157 g/mol. The molecule has 1 aliphatic rings. The summed E-state index contributed by atoms with van der Waals surface area (Å²) < 4.78 is 4.69. The van der Waals surface area contributed by atoms with E-state index in [1.807, 2.05) is 13.8 Å². The van der Waals surface area contributed by atoms with E-state index in [1.165, 1.54) is 7.11 Å². The largest absolute Gasteiger partial charge is 0.469 e. The van der Waals surface area contributed by atoms with Gasteiger partial charge in [0.05, 0.1) is 12.5 Å². The Morgan fingerprint density at radius 2 is 2.18 bits per heavy atom. The smallest absolute Gasteiger partial charge is 0.312 e. The highest BCUT2D eigenvalue weighted by Crippen LogP contribution is 2.28. The molecular formula is C8H15NO2. The summed E-state index contributed by atoms with van der Waals surface area (Å²) in [4.78, 5) is 11.2. The van der Waals surface area contributed by atoms with Crippen molar-refractivity contribution in [3.8, 4) is 0 Å². The molecule has 0 aromatic heterocycles. The Balaban J connectivity index is 2.56. The second-order valence-corrected chi connectivity index (χ2v) is 3.51. The van der Waals surface area contributed by atoms with Crippen LogP contribution >= 0.6 is 0 Å². The van der Waals surface area contributed by atoms with Gasteiger partial charge in [0, 0.05) is 6.04 Å². The summed E-state index contributed by atoms with van der Waals surface area (Å²) in [6.45, 7) is 4.84. The Bertz CT molecular complexity index is 161. The number of ether oxygens (including phenoxy) is 1. The summed E-state index contributed by atoms with van der Waals surface area (Å²) in [5, 5.41) is 3.20. The second kappa shape index (κ2) is 2.81. The minimum absolute atomic E-state index is 0.130. The van der Waals surface area contributed by atoms with Gasteiger partial charge in [0.15, 0.2) is 0 Å². The van der Waals surface area contributed by atoms with E-state index in [9.17, 15) is 4.79 Å². The van der Waals surface area contributed by atoms with Crippen LogP contribution in [0, 0.1) is 5.41 Å². The maximum atomic E-state index is 11.2. The lowest BCUT2D eigenvalue weighted by molar-refractivity contribution is -0.153. The first-order valence-electron chi connectivity index (χ1n) is 3.91. The number of esters is 1. The zero-order chi connectivity index (χ0) is 8.48. The summed E-state index contributed by atoms with van der Waals surface area (Å²) >= 11 is 0. The lowest BCUT2D eigenvalue weighted by Gasteiger charge is -2.38. The lowest BCUT2D eigenvalue weighted by Crippen LogP contribution is -2.55. The van der Waals surface area contributed by atoms with Gasteiger partial charge in [-0.25, -0.2) is 0 Å². The van der Waals surface area contributed by atoms with Crippen LogP contribution in [0.25, 0.3) is 0 Å². The van der Waals surface area contributed by atoms with E-state index in [1.54, 1.807) is 0 Å². The van der Waals surface area contributed by atoms with Crippen LogP contribution in [0.2, 0.25) is 0 Å². The standard InChI is InChI=1S/C8H15NO2/c1-8(2,7(10)11-3)6-4-5-9-6/h6,9H,4-5H2,1-3H3. The van der Waals surface area contributed by atoms with Crippen LogP contribution in [0.5, 0.6) is 0 Å². The zero-order valence-corrected chi connectivity index (χ0v) is 7.31. The number of carbonyl (C=O) groups is 1. The fourth-order valence-electron chi connectivity index (χ4n) is 1.31. The van der Waals surface area contributed by atoms with E-state index in [2.05, 4.69) is 5.32 Å². The van der Waals surface area contributed by atoms with Crippen LogP contribution in [-0.2, 0) is 9.53 Å². The third kappa shape index (κ3) is 1.38. The van der Waals surface area contributed by atoms with Crippen molar-refractivity contribution in [1.82, 2.24) is 5.32 Å².